The van der Waals surface area contributed by atoms with E-state index in [1.54, 1.807) is 0 Å². The summed E-state index contributed by atoms with van der Waals surface area (Å²) in [5, 5.41) is 3.65. The van der Waals surface area contributed by atoms with E-state index in [0.717, 1.165) is 17.8 Å². The molecule has 2 heteroatoms. The normalized spacial score (nSPS) is 29.8. The van der Waals surface area contributed by atoms with Crippen molar-refractivity contribution < 1.29 is 0 Å². The van der Waals surface area contributed by atoms with E-state index >= 15 is 0 Å². The molecule has 0 aromatic carbocycles. The Morgan fingerprint density at radius 3 is 2.59 bits per heavy atom. The fraction of sp³-hybridized carbons (Fsp3) is 1.00. The van der Waals surface area contributed by atoms with Gasteiger partial charge in [-0.2, -0.15) is 11.8 Å². The Kier molecular flexibility index (Phi) is 7.61. The molecule has 1 aliphatic rings. The highest BCUT2D eigenvalue weighted by molar-refractivity contribution is 7.98. The van der Waals surface area contributed by atoms with Gasteiger partial charge >= 0.3 is 0 Å². The Morgan fingerprint density at radius 1 is 1.24 bits per heavy atom. The van der Waals surface area contributed by atoms with E-state index in [1.807, 2.05) is 11.8 Å². The van der Waals surface area contributed by atoms with E-state index in [0.29, 0.717) is 6.04 Å². The van der Waals surface area contributed by atoms with Gasteiger partial charge < -0.3 is 5.32 Å². The van der Waals surface area contributed by atoms with Crippen LogP contribution < -0.4 is 5.32 Å². The molecule has 102 valence electrons. The molecule has 1 fully saturated rings. The number of hydrogen-bond acceptors (Lipinski definition) is 2. The zero-order valence-corrected chi connectivity index (χ0v) is 13.0. The lowest BCUT2D eigenvalue weighted by Gasteiger charge is -2.36. The van der Waals surface area contributed by atoms with Crippen LogP contribution in [0.3, 0.4) is 0 Å². The molecular weight excluding hydrogens is 226 g/mol. The van der Waals surface area contributed by atoms with E-state index in [9.17, 15) is 0 Å². The van der Waals surface area contributed by atoms with Gasteiger partial charge in [0.15, 0.2) is 0 Å². The van der Waals surface area contributed by atoms with Gasteiger partial charge in [0.1, 0.15) is 0 Å². The van der Waals surface area contributed by atoms with E-state index in [4.69, 9.17) is 0 Å². The maximum absolute atomic E-state index is 3.65. The zero-order chi connectivity index (χ0) is 12.7. The molecule has 17 heavy (non-hydrogen) atoms. The second kappa shape index (κ2) is 8.42. The molecule has 0 aromatic rings. The fourth-order valence-corrected chi connectivity index (χ4v) is 3.61. The van der Waals surface area contributed by atoms with Gasteiger partial charge in [-0.15, -0.1) is 0 Å². The van der Waals surface area contributed by atoms with Crippen molar-refractivity contribution in [2.24, 2.45) is 17.8 Å². The largest absolute Gasteiger partial charge is 0.314 e. The molecule has 0 aliphatic heterocycles. The maximum atomic E-state index is 3.65. The van der Waals surface area contributed by atoms with Crippen molar-refractivity contribution in [3.63, 3.8) is 0 Å². The van der Waals surface area contributed by atoms with E-state index < -0.39 is 0 Å². The third-order valence-electron chi connectivity index (χ3n) is 4.31. The lowest BCUT2D eigenvalue weighted by Crippen LogP contribution is -2.36. The Hall–Kier alpha value is 0.310. The first-order chi connectivity index (χ1) is 8.17. The quantitative estimate of drug-likeness (QED) is 0.734. The average Bonchev–Trinajstić information content (AvgIpc) is 2.34. The summed E-state index contributed by atoms with van der Waals surface area (Å²) in [6.45, 7) is 8.12. The van der Waals surface area contributed by atoms with Gasteiger partial charge in [0, 0.05) is 6.04 Å². The van der Waals surface area contributed by atoms with Crippen LogP contribution in [0.25, 0.3) is 0 Å². The van der Waals surface area contributed by atoms with Crippen LogP contribution in [-0.2, 0) is 0 Å². The number of hydrogen-bond donors (Lipinski definition) is 1. The summed E-state index contributed by atoms with van der Waals surface area (Å²) in [6.07, 6.45) is 9.47. The van der Waals surface area contributed by atoms with Crippen LogP contribution in [0.4, 0.5) is 0 Å². The Balaban J connectivity index is 2.41. The van der Waals surface area contributed by atoms with Crippen LogP contribution in [0.2, 0.25) is 0 Å². The molecule has 1 aliphatic carbocycles. The standard InChI is InChI=1S/C15H31NS/c1-5-13-6-7-15(11-16-12(2)3)14(10-13)8-9-17-4/h12-16H,5-11H2,1-4H3. The molecular formula is C15H31NS. The predicted molar refractivity (Wildman–Crippen MR) is 80.7 cm³/mol. The predicted octanol–water partition coefficient (Wildman–Crippen LogP) is 4.18. The highest BCUT2D eigenvalue weighted by Crippen LogP contribution is 2.37. The Morgan fingerprint density at radius 2 is 2.00 bits per heavy atom. The summed E-state index contributed by atoms with van der Waals surface area (Å²) in [4.78, 5) is 0. The highest BCUT2D eigenvalue weighted by atomic mass is 32.2. The maximum Gasteiger partial charge on any atom is 0.00104 e. The first kappa shape index (κ1) is 15.4. The van der Waals surface area contributed by atoms with Crippen LogP contribution in [0, 0.1) is 17.8 Å². The molecule has 0 radical (unpaired) electrons. The van der Waals surface area contributed by atoms with Gasteiger partial charge in [-0.05, 0) is 55.6 Å². The van der Waals surface area contributed by atoms with Gasteiger partial charge in [0.2, 0.25) is 0 Å². The van der Waals surface area contributed by atoms with Crippen LogP contribution in [-0.4, -0.2) is 24.6 Å². The summed E-state index contributed by atoms with van der Waals surface area (Å²) in [6, 6.07) is 0.639. The van der Waals surface area contributed by atoms with Crippen LogP contribution in [0.1, 0.15) is 52.9 Å². The summed E-state index contributed by atoms with van der Waals surface area (Å²) < 4.78 is 0. The lowest BCUT2D eigenvalue weighted by molar-refractivity contribution is 0.166. The smallest absolute Gasteiger partial charge is 0.00104 e. The minimum atomic E-state index is 0.639. The van der Waals surface area contributed by atoms with Gasteiger partial charge in [-0.25, -0.2) is 0 Å². The molecule has 0 saturated heterocycles. The summed E-state index contributed by atoms with van der Waals surface area (Å²) >= 11 is 2.01. The number of rotatable bonds is 7. The highest BCUT2D eigenvalue weighted by Gasteiger charge is 2.29. The van der Waals surface area contributed by atoms with E-state index in [2.05, 4.69) is 32.3 Å². The van der Waals surface area contributed by atoms with Gasteiger partial charge in [0.25, 0.3) is 0 Å². The van der Waals surface area contributed by atoms with Crippen molar-refractivity contribution >= 4 is 11.8 Å². The molecule has 0 amide bonds. The molecule has 0 heterocycles. The summed E-state index contributed by atoms with van der Waals surface area (Å²) in [5.74, 6) is 4.27. The van der Waals surface area contributed by atoms with Crippen molar-refractivity contribution in [3.8, 4) is 0 Å². The van der Waals surface area contributed by atoms with Crippen LogP contribution in [0.5, 0.6) is 0 Å². The van der Waals surface area contributed by atoms with Crippen molar-refractivity contribution in [2.75, 3.05) is 18.6 Å². The topological polar surface area (TPSA) is 12.0 Å². The molecule has 1 rings (SSSR count). The fourth-order valence-electron chi connectivity index (χ4n) is 3.07. The molecule has 0 spiro atoms. The lowest BCUT2D eigenvalue weighted by atomic mass is 9.72. The van der Waals surface area contributed by atoms with Crippen molar-refractivity contribution in [3.05, 3.63) is 0 Å². The number of nitrogens with one attached hydrogen (secondary N) is 1. The van der Waals surface area contributed by atoms with Gasteiger partial charge in [0.05, 0.1) is 0 Å². The number of thioether (sulfide) groups is 1. The zero-order valence-electron chi connectivity index (χ0n) is 12.2. The minimum absolute atomic E-state index is 0.639. The molecule has 0 bridgehead atoms. The average molecular weight is 257 g/mol. The second-order valence-electron chi connectivity index (χ2n) is 5.95. The Labute approximate surface area is 113 Å². The minimum Gasteiger partial charge on any atom is -0.314 e. The molecule has 1 saturated carbocycles. The van der Waals surface area contributed by atoms with Gasteiger partial charge in [-0.1, -0.05) is 33.6 Å². The monoisotopic (exact) mass is 257 g/mol. The third kappa shape index (κ3) is 5.65. The molecule has 1 N–H and O–H groups in total. The van der Waals surface area contributed by atoms with E-state index in [1.165, 1.54) is 44.4 Å². The van der Waals surface area contributed by atoms with Crippen molar-refractivity contribution in [1.82, 2.24) is 5.32 Å². The van der Waals surface area contributed by atoms with Gasteiger partial charge in [-0.3, -0.25) is 0 Å². The second-order valence-corrected chi connectivity index (χ2v) is 6.94. The Bertz CT molecular complexity index is 193. The molecule has 0 aromatic heterocycles. The summed E-state index contributed by atoms with van der Waals surface area (Å²) in [7, 11) is 0. The first-order valence-corrected chi connectivity index (χ1v) is 8.79. The van der Waals surface area contributed by atoms with Crippen LogP contribution >= 0.6 is 11.8 Å². The molecule has 3 atom stereocenters. The molecule has 1 nitrogen and oxygen atoms in total. The van der Waals surface area contributed by atoms with E-state index in [-0.39, 0.29) is 0 Å². The molecule has 3 unspecified atom stereocenters. The van der Waals surface area contributed by atoms with Crippen LogP contribution in [0.15, 0.2) is 0 Å². The van der Waals surface area contributed by atoms with Crippen molar-refractivity contribution in [1.29, 1.82) is 0 Å². The van der Waals surface area contributed by atoms with Crippen molar-refractivity contribution in [2.45, 2.75) is 58.9 Å². The first-order valence-electron chi connectivity index (χ1n) is 7.39. The third-order valence-corrected chi connectivity index (χ3v) is 4.95. The SMILES string of the molecule is CCC1CCC(CNC(C)C)C(CCSC)C1. The summed E-state index contributed by atoms with van der Waals surface area (Å²) in [5.41, 5.74) is 0.